The Kier molecular flexibility index (Phi) is 6.62. The summed E-state index contributed by atoms with van der Waals surface area (Å²) < 4.78 is 4.90. The molecule has 0 saturated heterocycles. The lowest BCUT2D eigenvalue weighted by Gasteiger charge is -2.36. The van der Waals surface area contributed by atoms with Crippen molar-refractivity contribution in [2.45, 2.75) is 50.5 Å². The predicted molar refractivity (Wildman–Crippen MR) is 71.1 cm³/mol. The molecule has 6 nitrogen and oxygen atoms in total. The second-order valence-corrected chi connectivity index (χ2v) is 5.14. The molecule has 1 aliphatic rings. The smallest absolute Gasteiger partial charge is 0.315 e. The first-order chi connectivity index (χ1) is 9.08. The lowest BCUT2D eigenvalue weighted by molar-refractivity contribution is -0.139. The van der Waals surface area contributed by atoms with E-state index in [1.54, 1.807) is 7.11 Å². The summed E-state index contributed by atoms with van der Waals surface area (Å²) in [5, 5.41) is 14.6. The number of nitrogens with one attached hydrogen (secondary N) is 2. The van der Waals surface area contributed by atoms with Crippen LogP contribution in [0.1, 0.15) is 44.9 Å². The van der Waals surface area contributed by atoms with Crippen LogP contribution < -0.4 is 10.6 Å². The SMILES string of the molecule is COCCCNC(=O)NC1(CC(=O)O)CCCCC1. The molecule has 0 heterocycles. The molecule has 0 bridgehead atoms. The number of amides is 2. The van der Waals surface area contributed by atoms with Gasteiger partial charge in [0, 0.05) is 20.3 Å². The molecule has 3 N–H and O–H groups in total. The van der Waals surface area contributed by atoms with Crippen LogP contribution in [-0.2, 0) is 9.53 Å². The zero-order valence-corrected chi connectivity index (χ0v) is 11.5. The van der Waals surface area contributed by atoms with Crippen molar-refractivity contribution in [1.82, 2.24) is 10.6 Å². The third-order valence-electron chi connectivity index (χ3n) is 3.49. The van der Waals surface area contributed by atoms with Gasteiger partial charge in [-0.25, -0.2) is 4.79 Å². The number of ether oxygens (including phenoxy) is 1. The van der Waals surface area contributed by atoms with Gasteiger partial charge in [-0.05, 0) is 19.3 Å². The number of carboxylic acid groups (broad SMARTS) is 1. The Labute approximate surface area is 113 Å². The Balaban J connectivity index is 2.43. The normalized spacial score (nSPS) is 17.7. The van der Waals surface area contributed by atoms with E-state index in [0.717, 1.165) is 38.5 Å². The fourth-order valence-corrected chi connectivity index (χ4v) is 2.57. The average Bonchev–Trinajstić information content (AvgIpc) is 2.34. The van der Waals surface area contributed by atoms with E-state index in [-0.39, 0.29) is 12.5 Å². The summed E-state index contributed by atoms with van der Waals surface area (Å²) in [6.45, 7) is 1.13. The van der Waals surface area contributed by atoms with Crippen LogP contribution in [0.2, 0.25) is 0 Å². The lowest BCUT2D eigenvalue weighted by atomic mass is 9.79. The van der Waals surface area contributed by atoms with Crippen molar-refractivity contribution in [3.8, 4) is 0 Å². The van der Waals surface area contributed by atoms with Gasteiger partial charge in [-0.2, -0.15) is 0 Å². The maximum atomic E-state index is 11.8. The van der Waals surface area contributed by atoms with E-state index in [2.05, 4.69) is 10.6 Å². The summed E-state index contributed by atoms with van der Waals surface area (Å²) >= 11 is 0. The number of carboxylic acids is 1. The van der Waals surface area contributed by atoms with Crippen molar-refractivity contribution in [3.63, 3.8) is 0 Å². The van der Waals surface area contributed by atoms with Crippen molar-refractivity contribution < 1.29 is 19.4 Å². The van der Waals surface area contributed by atoms with Gasteiger partial charge >= 0.3 is 12.0 Å². The van der Waals surface area contributed by atoms with Gasteiger partial charge < -0.3 is 20.5 Å². The Bertz CT molecular complexity index is 301. The molecule has 0 aromatic rings. The lowest BCUT2D eigenvalue weighted by Crippen LogP contribution is -2.54. The monoisotopic (exact) mass is 272 g/mol. The second kappa shape index (κ2) is 7.99. The highest BCUT2D eigenvalue weighted by molar-refractivity contribution is 5.76. The van der Waals surface area contributed by atoms with Crippen LogP contribution in [0.4, 0.5) is 4.79 Å². The minimum Gasteiger partial charge on any atom is -0.481 e. The Morgan fingerprint density at radius 1 is 1.26 bits per heavy atom. The number of methoxy groups -OCH3 is 1. The van der Waals surface area contributed by atoms with E-state index >= 15 is 0 Å². The Morgan fingerprint density at radius 2 is 1.95 bits per heavy atom. The number of hydrogen-bond donors (Lipinski definition) is 3. The number of urea groups is 1. The number of carbonyl (C=O) groups is 2. The summed E-state index contributed by atoms with van der Waals surface area (Å²) in [6.07, 6.45) is 5.27. The van der Waals surface area contributed by atoms with E-state index in [1.807, 2.05) is 0 Å². The standard InChI is InChI=1S/C13H24N2O4/c1-19-9-5-8-14-12(18)15-13(10-11(16)17)6-3-2-4-7-13/h2-10H2,1H3,(H,16,17)(H2,14,15,18). The first-order valence-corrected chi connectivity index (χ1v) is 6.85. The minimum atomic E-state index is -0.860. The van der Waals surface area contributed by atoms with Gasteiger partial charge in [0.15, 0.2) is 0 Å². The number of carbonyl (C=O) groups excluding carboxylic acids is 1. The van der Waals surface area contributed by atoms with Crippen molar-refractivity contribution >= 4 is 12.0 Å². The zero-order chi connectivity index (χ0) is 14.1. The highest BCUT2D eigenvalue weighted by Gasteiger charge is 2.35. The predicted octanol–water partition coefficient (Wildman–Crippen LogP) is 1.50. The van der Waals surface area contributed by atoms with Gasteiger partial charge in [-0.15, -0.1) is 0 Å². The molecule has 1 rings (SSSR count). The van der Waals surface area contributed by atoms with Gasteiger partial charge in [0.2, 0.25) is 0 Å². The Hall–Kier alpha value is -1.30. The van der Waals surface area contributed by atoms with Gasteiger partial charge in [-0.3, -0.25) is 4.79 Å². The molecule has 1 saturated carbocycles. The van der Waals surface area contributed by atoms with Crippen LogP contribution in [0.25, 0.3) is 0 Å². The van der Waals surface area contributed by atoms with E-state index in [4.69, 9.17) is 9.84 Å². The first-order valence-electron chi connectivity index (χ1n) is 6.85. The topological polar surface area (TPSA) is 87.7 Å². The van der Waals surface area contributed by atoms with Crippen LogP contribution in [0.3, 0.4) is 0 Å². The Morgan fingerprint density at radius 3 is 2.53 bits per heavy atom. The van der Waals surface area contributed by atoms with Crippen LogP contribution in [0.5, 0.6) is 0 Å². The third-order valence-corrected chi connectivity index (χ3v) is 3.49. The molecule has 1 aliphatic carbocycles. The van der Waals surface area contributed by atoms with E-state index in [0.29, 0.717) is 13.2 Å². The molecule has 19 heavy (non-hydrogen) atoms. The molecule has 0 unspecified atom stereocenters. The molecule has 0 atom stereocenters. The molecule has 0 aromatic carbocycles. The largest absolute Gasteiger partial charge is 0.481 e. The summed E-state index contributed by atoms with van der Waals surface area (Å²) in [5.74, 6) is -0.860. The van der Waals surface area contributed by atoms with Crippen molar-refractivity contribution in [2.24, 2.45) is 0 Å². The molecule has 0 aromatic heterocycles. The van der Waals surface area contributed by atoms with Crippen molar-refractivity contribution in [1.29, 1.82) is 0 Å². The fraction of sp³-hybridized carbons (Fsp3) is 0.846. The molecular formula is C13H24N2O4. The molecule has 0 aliphatic heterocycles. The van der Waals surface area contributed by atoms with Gasteiger partial charge in [0.05, 0.1) is 12.0 Å². The van der Waals surface area contributed by atoms with Crippen LogP contribution in [0, 0.1) is 0 Å². The minimum absolute atomic E-state index is 0.00150. The van der Waals surface area contributed by atoms with Gasteiger partial charge in [0.25, 0.3) is 0 Å². The van der Waals surface area contributed by atoms with E-state index < -0.39 is 11.5 Å². The highest BCUT2D eigenvalue weighted by Crippen LogP contribution is 2.31. The maximum Gasteiger partial charge on any atom is 0.315 e. The molecule has 6 heteroatoms. The highest BCUT2D eigenvalue weighted by atomic mass is 16.5. The van der Waals surface area contributed by atoms with E-state index in [9.17, 15) is 9.59 Å². The number of aliphatic carboxylic acids is 1. The second-order valence-electron chi connectivity index (χ2n) is 5.14. The quantitative estimate of drug-likeness (QED) is 0.613. The molecule has 1 fully saturated rings. The molecule has 2 amide bonds. The zero-order valence-electron chi connectivity index (χ0n) is 11.5. The van der Waals surface area contributed by atoms with Crippen molar-refractivity contribution in [3.05, 3.63) is 0 Å². The van der Waals surface area contributed by atoms with Gasteiger partial charge in [0.1, 0.15) is 0 Å². The van der Waals surface area contributed by atoms with Gasteiger partial charge in [-0.1, -0.05) is 19.3 Å². The summed E-state index contributed by atoms with van der Waals surface area (Å²) in [6, 6.07) is -0.278. The molecular weight excluding hydrogens is 248 g/mol. The first kappa shape index (κ1) is 15.8. The van der Waals surface area contributed by atoms with Crippen LogP contribution in [-0.4, -0.2) is 42.9 Å². The van der Waals surface area contributed by atoms with Crippen LogP contribution >= 0.6 is 0 Å². The summed E-state index contributed by atoms with van der Waals surface area (Å²) in [7, 11) is 1.62. The van der Waals surface area contributed by atoms with Crippen molar-refractivity contribution in [2.75, 3.05) is 20.3 Å². The van der Waals surface area contributed by atoms with E-state index in [1.165, 1.54) is 0 Å². The number of hydrogen-bond acceptors (Lipinski definition) is 3. The maximum absolute atomic E-state index is 11.8. The van der Waals surface area contributed by atoms with Crippen LogP contribution in [0.15, 0.2) is 0 Å². The third kappa shape index (κ3) is 5.92. The average molecular weight is 272 g/mol. The molecule has 110 valence electrons. The number of rotatable bonds is 7. The molecule has 0 radical (unpaired) electrons. The molecule has 0 spiro atoms. The summed E-state index contributed by atoms with van der Waals surface area (Å²) in [5.41, 5.74) is -0.574. The summed E-state index contributed by atoms with van der Waals surface area (Å²) in [4.78, 5) is 22.8. The fourth-order valence-electron chi connectivity index (χ4n) is 2.57.